The van der Waals surface area contributed by atoms with Gasteiger partial charge in [0.15, 0.2) is 0 Å². The molecule has 110 valence electrons. The molecule has 2 rings (SSSR count). The third-order valence-corrected chi connectivity index (χ3v) is 4.37. The summed E-state index contributed by atoms with van der Waals surface area (Å²) in [5.41, 5.74) is 1.86. The second-order valence-electron chi connectivity index (χ2n) is 4.60. The van der Waals surface area contributed by atoms with Gasteiger partial charge in [-0.15, -0.1) is 11.8 Å². The van der Waals surface area contributed by atoms with Crippen LogP contribution in [-0.4, -0.2) is 16.6 Å². The number of halogens is 1. The van der Waals surface area contributed by atoms with E-state index in [0.717, 1.165) is 21.6 Å². The molecule has 1 amide bonds. The van der Waals surface area contributed by atoms with Gasteiger partial charge in [-0.25, -0.2) is 0 Å². The Kier molecular flexibility index (Phi) is 6.26. The number of benzene rings is 1. The number of rotatable bonds is 6. The molecule has 1 aromatic heterocycles. The maximum Gasteiger partial charge on any atom is 0.221 e. The summed E-state index contributed by atoms with van der Waals surface area (Å²) in [4.78, 5) is 17.3. The molecular formula is C16H17BrN2OS. The molecule has 3 nitrogen and oxygen atoms in total. The fraction of sp³-hybridized carbons (Fsp3) is 0.250. The lowest BCUT2D eigenvalue weighted by Gasteiger charge is -2.05. The summed E-state index contributed by atoms with van der Waals surface area (Å²) >= 11 is 5.09. The maximum absolute atomic E-state index is 11.8. The number of carbonyl (C=O) groups excluding carboxylic acids is 1. The van der Waals surface area contributed by atoms with E-state index in [9.17, 15) is 4.79 Å². The number of amides is 1. The Morgan fingerprint density at radius 3 is 2.71 bits per heavy atom. The van der Waals surface area contributed by atoms with Crippen LogP contribution in [0.2, 0.25) is 0 Å². The van der Waals surface area contributed by atoms with E-state index < -0.39 is 0 Å². The summed E-state index contributed by atoms with van der Waals surface area (Å²) in [6.45, 7) is 2.43. The Labute approximate surface area is 137 Å². The Bertz CT molecular complexity index is 601. The monoisotopic (exact) mass is 364 g/mol. The predicted molar refractivity (Wildman–Crippen MR) is 90.3 cm³/mol. The molecule has 0 spiro atoms. The van der Waals surface area contributed by atoms with Crippen molar-refractivity contribution in [3.63, 3.8) is 0 Å². The summed E-state index contributed by atoms with van der Waals surface area (Å²) < 4.78 is 1.07. The summed E-state index contributed by atoms with van der Waals surface area (Å²) in [7, 11) is 0. The number of pyridine rings is 1. The van der Waals surface area contributed by atoms with Crippen molar-refractivity contribution in [1.29, 1.82) is 0 Å². The number of hydrogen-bond acceptors (Lipinski definition) is 3. The first kappa shape index (κ1) is 16.0. The highest BCUT2D eigenvalue weighted by molar-refractivity contribution is 9.10. The molecule has 0 radical (unpaired) electrons. The Hall–Kier alpha value is -1.33. The average Bonchev–Trinajstić information content (AvgIpc) is 2.47. The van der Waals surface area contributed by atoms with Crippen LogP contribution in [0.25, 0.3) is 0 Å². The molecule has 1 aromatic carbocycles. The standard InChI is InChI=1S/C16H17BrN2OS/c1-12-3-2-4-14(19-12)11-18-16(20)9-10-21-15-7-5-13(17)6-8-15/h2-8H,9-11H2,1H3,(H,18,20). The molecule has 0 bridgehead atoms. The van der Waals surface area contributed by atoms with E-state index in [-0.39, 0.29) is 5.91 Å². The van der Waals surface area contributed by atoms with Crippen LogP contribution in [0.15, 0.2) is 51.8 Å². The molecule has 0 fully saturated rings. The van der Waals surface area contributed by atoms with Crippen molar-refractivity contribution in [1.82, 2.24) is 10.3 Å². The maximum atomic E-state index is 11.8. The van der Waals surface area contributed by atoms with Crippen LogP contribution in [0, 0.1) is 6.92 Å². The second-order valence-corrected chi connectivity index (χ2v) is 6.68. The summed E-state index contributed by atoms with van der Waals surface area (Å²) in [5, 5.41) is 2.90. The van der Waals surface area contributed by atoms with Crippen LogP contribution in [-0.2, 0) is 11.3 Å². The quantitative estimate of drug-likeness (QED) is 0.789. The molecule has 0 saturated carbocycles. The van der Waals surface area contributed by atoms with Crippen LogP contribution in [0.3, 0.4) is 0 Å². The van der Waals surface area contributed by atoms with Gasteiger partial charge in [0.25, 0.3) is 0 Å². The van der Waals surface area contributed by atoms with Crippen LogP contribution in [0.5, 0.6) is 0 Å². The minimum absolute atomic E-state index is 0.0583. The highest BCUT2D eigenvalue weighted by Gasteiger charge is 2.03. The normalized spacial score (nSPS) is 10.4. The van der Waals surface area contributed by atoms with E-state index in [1.807, 2.05) is 49.4 Å². The Morgan fingerprint density at radius 1 is 1.24 bits per heavy atom. The van der Waals surface area contributed by atoms with E-state index in [0.29, 0.717) is 13.0 Å². The SMILES string of the molecule is Cc1cccc(CNC(=O)CCSc2ccc(Br)cc2)n1. The number of nitrogens with zero attached hydrogens (tertiary/aromatic N) is 1. The molecule has 0 saturated heterocycles. The minimum Gasteiger partial charge on any atom is -0.350 e. The van der Waals surface area contributed by atoms with Gasteiger partial charge in [-0.2, -0.15) is 0 Å². The average molecular weight is 365 g/mol. The van der Waals surface area contributed by atoms with Crippen molar-refractivity contribution in [2.45, 2.75) is 24.8 Å². The number of hydrogen-bond donors (Lipinski definition) is 1. The van der Waals surface area contributed by atoms with Gasteiger partial charge in [0.05, 0.1) is 12.2 Å². The summed E-state index contributed by atoms with van der Waals surface area (Å²) in [6, 6.07) is 13.9. The molecule has 1 N–H and O–H groups in total. The zero-order chi connectivity index (χ0) is 15.1. The number of aromatic nitrogens is 1. The highest BCUT2D eigenvalue weighted by atomic mass is 79.9. The first-order valence-electron chi connectivity index (χ1n) is 6.71. The van der Waals surface area contributed by atoms with Gasteiger partial charge in [-0.3, -0.25) is 9.78 Å². The van der Waals surface area contributed by atoms with Crippen LogP contribution >= 0.6 is 27.7 Å². The van der Waals surface area contributed by atoms with Crippen molar-refractivity contribution in [3.05, 3.63) is 58.3 Å². The van der Waals surface area contributed by atoms with Crippen molar-refractivity contribution < 1.29 is 4.79 Å². The van der Waals surface area contributed by atoms with Gasteiger partial charge in [-0.1, -0.05) is 22.0 Å². The number of carbonyl (C=O) groups is 1. The molecule has 0 aliphatic rings. The zero-order valence-electron chi connectivity index (χ0n) is 11.8. The molecule has 0 atom stereocenters. The Balaban J connectivity index is 1.69. The first-order chi connectivity index (χ1) is 10.1. The van der Waals surface area contributed by atoms with E-state index in [1.165, 1.54) is 4.90 Å². The minimum atomic E-state index is 0.0583. The van der Waals surface area contributed by atoms with Crippen LogP contribution in [0.4, 0.5) is 0 Å². The third-order valence-electron chi connectivity index (χ3n) is 2.82. The molecule has 21 heavy (non-hydrogen) atoms. The van der Waals surface area contributed by atoms with Crippen molar-refractivity contribution >= 4 is 33.6 Å². The van der Waals surface area contributed by atoms with Gasteiger partial charge in [0.2, 0.25) is 5.91 Å². The lowest BCUT2D eigenvalue weighted by molar-refractivity contribution is -0.120. The topological polar surface area (TPSA) is 42.0 Å². The largest absolute Gasteiger partial charge is 0.350 e. The van der Waals surface area contributed by atoms with Crippen molar-refractivity contribution in [2.75, 3.05) is 5.75 Å². The molecule has 0 unspecified atom stereocenters. The number of thioether (sulfide) groups is 1. The van der Waals surface area contributed by atoms with E-state index in [1.54, 1.807) is 11.8 Å². The van der Waals surface area contributed by atoms with Crippen molar-refractivity contribution in [3.8, 4) is 0 Å². The molecule has 2 aromatic rings. The van der Waals surface area contributed by atoms with Crippen LogP contribution in [0.1, 0.15) is 17.8 Å². The van der Waals surface area contributed by atoms with E-state index in [2.05, 4.69) is 26.2 Å². The zero-order valence-corrected chi connectivity index (χ0v) is 14.2. The highest BCUT2D eigenvalue weighted by Crippen LogP contribution is 2.21. The van der Waals surface area contributed by atoms with Gasteiger partial charge >= 0.3 is 0 Å². The molecular weight excluding hydrogens is 348 g/mol. The van der Waals surface area contributed by atoms with Gasteiger partial charge in [0, 0.05) is 27.2 Å². The van der Waals surface area contributed by atoms with Gasteiger partial charge in [-0.05, 0) is 43.3 Å². The second kappa shape index (κ2) is 8.20. The third kappa shape index (κ3) is 5.89. The Morgan fingerprint density at radius 2 is 2.00 bits per heavy atom. The fourth-order valence-electron chi connectivity index (χ4n) is 1.77. The summed E-state index contributed by atoms with van der Waals surface area (Å²) in [6.07, 6.45) is 0.506. The molecule has 1 heterocycles. The van der Waals surface area contributed by atoms with Gasteiger partial charge in [0.1, 0.15) is 0 Å². The van der Waals surface area contributed by atoms with E-state index in [4.69, 9.17) is 0 Å². The molecule has 0 aliphatic heterocycles. The summed E-state index contributed by atoms with van der Waals surface area (Å²) in [5.74, 6) is 0.831. The smallest absolute Gasteiger partial charge is 0.221 e. The predicted octanol–water partition coefficient (Wildman–Crippen LogP) is 3.95. The van der Waals surface area contributed by atoms with Crippen LogP contribution < -0.4 is 5.32 Å². The lowest BCUT2D eigenvalue weighted by atomic mass is 10.3. The number of nitrogens with one attached hydrogen (secondary N) is 1. The molecule has 0 aliphatic carbocycles. The lowest BCUT2D eigenvalue weighted by Crippen LogP contribution is -2.23. The first-order valence-corrected chi connectivity index (χ1v) is 8.49. The van der Waals surface area contributed by atoms with E-state index >= 15 is 0 Å². The molecule has 5 heteroatoms. The fourth-order valence-corrected chi connectivity index (χ4v) is 2.88. The van der Waals surface area contributed by atoms with Crippen molar-refractivity contribution in [2.24, 2.45) is 0 Å². The van der Waals surface area contributed by atoms with Gasteiger partial charge < -0.3 is 5.32 Å². The number of aryl methyl sites for hydroxylation is 1.